The molecule has 0 spiro atoms. The van der Waals surface area contributed by atoms with Crippen molar-refractivity contribution in [1.82, 2.24) is 14.3 Å². The van der Waals surface area contributed by atoms with E-state index in [4.69, 9.17) is 23.2 Å². The van der Waals surface area contributed by atoms with Gasteiger partial charge in [0.2, 0.25) is 10.0 Å². The van der Waals surface area contributed by atoms with Gasteiger partial charge in [-0.25, -0.2) is 18.1 Å². The van der Waals surface area contributed by atoms with Gasteiger partial charge in [0.1, 0.15) is 5.82 Å². The first-order valence-electron chi connectivity index (χ1n) is 5.56. The van der Waals surface area contributed by atoms with E-state index in [2.05, 4.69) is 9.71 Å². The van der Waals surface area contributed by atoms with Crippen molar-refractivity contribution in [1.29, 1.82) is 0 Å². The predicted octanol–water partition coefficient (Wildman–Crippen LogP) is 1.98. The van der Waals surface area contributed by atoms with E-state index in [9.17, 15) is 8.42 Å². The van der Waals surface area contributed by atoms with Crippen LogP contribution in [-0.2, 0) is 22.4 Å². The van der Waals surface area contributed by atoms with Gasteiger partial charge >= 0.3 is 0 Å². The lowest BCUT2D eigenvalue weighted by molar-refractivity contribution is 0.578. The minimum absolute atomic E-state index is 0.255. The first kappa shape index (κ1) is 14.6. The molecule has 5 nitrogen and oxygen atoms in total. The minimum atomic E-state index is -3.20. The fourth-order valence-corrected chi connectivity index (χ4v) is 2.67. The number of nitrogens with zero attached hydrogens (tertiary/aromatic N) is 2. The molecule has 0 bridgehead atoms. The van der Waals surface area contributed by atoms with E-state index in [0.717, 1.165) is 17.3 Å². The Bertz CT molecular complexity index is 697. The number of hydrogen-bond acceptors (Lipinski definition) is 3. The number of nitrogens with one attached hydrogen (secondary N) is 1. The average molecular weight is 322 g/mol. The van der Waals surface area contributed by atoms with Gasteiger partial charge in [0.05, 0.1) is 23.2 Å². The van der Waals surface area contributed by atoms with Crippen molar-refractivity contribution in [3.05, 3.63) is 29.0 Å². The zero-order chi connectivity index (χ0) is 14.0. The molecule has 1 aromatic carbocycles. The highest BCUT2D eigenvalue weighted by atomic mass is 35.5. The molecule has 8 heteroatoms. The Hall–Kier alpha value is -0.820. The molecular formula is C11H13Cl2N3O2S. The van der Waals surface area contributed by atoms with Gasteiger partial charge in [-0.15, -0.1) is 11.6 Å². The topological polar surface area (TPSA) is 64.0 Å². The first-order valence-corrected chi connectivity index (χ1v) is 8.36. The Balaban J connectivity index is 2.32. The standard InChI is InChI=1S/C11H13Cl2N3O2S/c1-19(17,18)14-4-5-16-10-6-8(13)2-3-9(10)15-11(16)7-12/h2-3,6,14H,4-5,7H2,1H3. The molecule has 1 heterocycles. The summed E-state index contributed by atoms with van der Waals surface area (Å²) in [7, 11) is -3.20. The maximum atomic E-state index is 11.0. The molecule has 1 aromatic heterocycles. The van der Waals surface area contributed by atoms with Crippen LogP contribution in [0.3, 0.4) is 0 Å². The summed E-state index contributed by atoms with van der Waals surface area (Å²) in [5.41, 5.74) is 1.64. The maximum absolute atomic E-state index is 11.0. The number of aromatic nitrogens is 2. The summed E-state index contributed by atoms with van der Waals surface area (Å²) < 4.78 is 26.4. The van der Waals surface area contributed by atoms with E-state index in [0.29, 0.717) is 17.4 Å². The van der Waals surface area contributed by atoms with Crippen LogP contribution >= 0.6 is 23.2 Å². The molecule has 0 amide bonds. The summed E-state index contributed by atoms with van der Waals surface area (Å²) in [6.07, 6.45) is 1.12. The molecule has 0 unspecified atom stereocenters. The van der Waals surface area contributed by atoms with Crippen LogP contribution in [0.4, 0.5) is 0 Å². The van der Waals surface area contributed by atoms with E-state index >= 15 is 0 Å². The SMILES string of the molecule is CS(=O)(=O)NCCn1c(CCl)nc2ccc(Cl)cc21. The third-order valence-electron chi connectivity index (χ3n) is 2.61. The highest BCUT2D eigenvalue weighted by molar-refractivity contribution is 7.88. The Morgan fingerprint density at radius 1 is 1.42 bits per heavy atom. The van der Waals surface area contributed by atoms with Crippen molar-refractivity contribution >= 4 is 44.3 Å². The number of fused-ring (bicyclic) bond motifs is 1. The summed E-state index contributed by atoms with van der Waals surface area (Å²) >= 11 is 11.8. The van der Waals surface area contributed by atoms with Gasteiger partial charge in [0.25, 0.3) is 0 Å². The third kappa shape index (κ3) is 3.60. The normalized spacial score (nSPS) is 12.2. The summed E-state index contributed by atoms with van der Waals surface area (Å²) in [6.45, 7) is 0.729. The summed E-state index contributed by atoms with van der Waals surface area (Å²) in [6, 6.07) is 5.36. The van der Waals surface area contributed by atoms with Gasteiger partial charge in [-0.3, -0.25) is 0 Å². The van der Waals surface area contributed by atoms with Crippen molar-refractivity contribution in [2.45, 2.75) is 12.4 Å². The van der Waals surface area contributed by atoms with Crippen LogP contribution in [0, 0.1) is 0 Å². The molecule has 2 rings (SSSR count). The van der Waals surface area contributed by atoms with E-state index in [-0.39, 0.29) is 12.4 Å². The molecule has 0 aliphatic heterocycles. The highest BCUT2D eigenvalue weighted by Gasteiger charge is 2.10. The molecule has 0 fully saturated rings. The Morgan fingerprint density at radius 3 is 2.79 bits per heavy atom. The predicted molar refractivity (Wildman–Crippen MR) is 77.1 cm³/mol. The number of sulfonamides is 1. The lowest BCUT2D eigenvalue weighted by atomic mass is 10.3. The van der Waals surface area contributed by atoms with E-state index in [1.807, 2.05) is 10.6 Å². The minimum Gasteiger partial charge on any atom is -0.326 e. The van der Waals surface area contributed by atoms with E-state index in [1.165, 1.54) is 0 Å². The van der Waals surface area contributed by atoms with E-state index < -0.39 is 10.0 Å². The smallest absolute Gasteiger partial charge is 0.208 e. The number of alkyl halides is 1. The molecule has 19 heavy (non-hydrogen) atoms. The number of halogens is 2. The largest absolute Gasteiger partial charge is 0.326 e. The number of imidazole rings is 1. The summed E-state index contributed by atoms with van der Waals surface area (Å²) in [5.74, 6) is 0.944. The highest BCUT2D eigenvalue weighted by Crippen LogP contribution is 2.21. The third-order valence-corrected chi connectivity index (χ3v) is 3.81. The zero-order valence-corrected chi connectivity index (χ0v) is 12.6. The average Bonchev–Trinajstić information content (AvgIpc) is 2.65. The summed E-state index contributed by atoms with van der Waals surface area (Å²) in [4.78, 5) is 4.38. The zero-order valence-electron chi connectivity index (χ0n) is 10.2. The van der Waals surface area contributed by atoms with Crippen LogP contribution in [0.25, 0.3) is 11.0 Å². The molecule has 1 N–H and O–H groups in total. The van der Waals surface area contributed by atoms with Crippen LogP contribution in [0.2, 0.25) is 5.02 Å². The monoisotopic (exact) mass is 321 g/mol. The lowest BCUT2D eigenvalue weighted by Gasteiger charge is -2.08. The quantitative estimate of drug-likeness (QED) is 0.856. The van der Waals surface area contributed by atoms with Gasteiger partial charge in [0, 0.05) is 18.1 Å². The number of benzene rings is 1. The second-order valence-corrected chi connectivity index (χ2v) is 6.65. The molecule has 0 saturated heterocycles. The van der Waals surface area contributed by atoms with Gasteiger partial charge in [-0.1, -0.05) is 11.6 Å². The molecule has 2 aromatic rings. The van der Waals surface area contributed by atoms with Crippen molar-refractivity contribution in [2.24, 2.45) is 0 Å². The maximum Gasteiger partial charge on any atom is 0.208 e. The van der Waals surface area contributed by atoms with Crippen LogP contribution in [-0.4, -0.2) is 30.8 Å². The van der Waals surface area contributed by atoms with Crippen molar-refractivity contribution < 1.29 is 8.42 Å². The molecule has 0 aliphatic carbocycles. The lowest BCUT2D eigenvalue weighted by Crippen LogP contribution is -2.26. The Labute approximate surface area is 121 Å². The van der Waals surface area contributed by atoms with E-state index in [1.54, 1.807) is 12.1 Å². The van der Waals surface area contributed by atoms with Crippen LogP contribution in [0.15, 0.2) is 18.2 Å². The molecule has 104 valence electrons. The Morgan fingerprint density at radius 2 is 2.16 bits per heavy atom. The number of rotatable bonds is 5. The fourth-order valence-electron chi connectivity index (χ4n) is 1.84. The van der Waals surface area contributed by atoms with Crippen LogP contribution < -0.4 is 4.72 Å². The molecule has 0 saturated carbocycles. The van der Waals surface area contributed by atoms with Crippen molar-refractivity contribution in [2.75, 3.05) is 12.8 Å². The van der Waals surface area contributed by atoms with Gasteiger partial charge in [-0.05, 0) is 18.2 Å². The van der Waals surface area contributed by atoms with Crippen molar-refractivity contribution in [3.63, 3.8) is 0 Å². The molecule has 0 atom stereocenters. The van der Waals surface area contributed by atoms with Crippen LogP contribution in [0.1, 0.15) is 5.82 Å². The molecule has 0 aliphatic rings. The van der Waals surface area contributed by atoms with Crippen LogP contribution in [0.5, 0.6) is 0 Å². The van der Waals surface area contributed by atoms with Gasteiger partial charge < -0.3 is 4.57 Å². The molecule has 0 radical (unpaired) electrons. The second kappa shape index (κ2) is 5.66. The Kier molecular flexibility index (Phi) is 4.35. The van der Waals surface area contributed by atoms with Crippen molar-refractivity contribution in [3.8, 4) is 0 Å². The first-order chi connectivity index (χ1) is 8.90. The number of hydrogen-bond donors (Lipinski definition) is 1. The van der Waals surface area contributed by atoms with Gasteiger partial charge in [-0.2, -0.15) is 0 Å². The fraction of sp³-hybridized carbons (Fsp3) is 0.364. The molecular weight excluding hydrogens is 309 g/mol. The van der Waals surface area contributed by atoms with Gasteiger partial charge in [0.15, 0.2) is 0 Å². The second-order valence-electron chi connectivity index (χ2n) is 4.11. The summed E-state index contributed by atoms with van der Waals surface area (Å²) in [5, 5.41) is 0.603.